The fourth-order valence-corrected chi connectivity index (χ4v) is 1.33. The van der Waals surface area contributed by atoms with E-state index in [4.69, 9.17) is 9.47 Å². The minimum Gasteiger partial charge on any atom is -0.493 e. The molecule has 1 saturated carbocycles. The third kappa shape index (κ3) is 1.77. The first-order valence-electron chi connectivity index (χ1n) is 4.61. The molecule has 69 valence electrons. The highest BCUT2D eigenvalue weighted by molar-refractivity contribution is 5.39. The molecule has 0 amide bonds. The van der Waals surface area contributed by atoms with Crippen molar-refractivity contribution in [2.75, 3.05) is 7.11 Å². The van der Waals surface area contributed by atoms with Crippen LogP contribution in [0.15, 0.2) is 18.2 Å². The lowest BCUT2D eigenvalue weighted by Crippen LogP contribution is -2.24. The van der Waals surface area contributed by atoms with Gasteiger partial charge in [-0.1, -0.05) is 6.07 Å². The van der Waals surface area contributed by atoms with Crippen LogP contribution in [0.5, 0.6) is 11.5 Å². The van der Waals surface area contributed by atoms with E-state index in [0.717, 1.165) is 24.3 Å². The second kappa shape index (κ2) is 3.69. The summed E-state index contributed by atoms with van der Waals surface area (Å²) < 4.78 is 10.9. The van der Waals surface area contributed by atoms with Gasteiger partial charge in [-0.2, -0.15) is 0 Å². The van der Waals surface area contributed by atoms with Gasteiger partial charge in [-0.05, 0) is 37.5 Å². The van der Waals surface area contributed by atoms with E-state index < -0.39 is 0 Å². The van der Waals surface area contributed by atoms with E-state index in [1.807, 2.05) is 18.2 Å². The van der Waals surface area contributed by atoms with E-state index >= 15 is 0 Å². The van der Waals surface area contributed by atoms with Crippen LogP contribution in [0.2, 0.25) is 0 Å². The van der Waals surface area contributed by atoms with Crippen molar-refractivity contribution in [3.05, 3.63) is 24.3 Å². The van der Waals surface area contributed by atoms with Crippen molar-refractivity contribution in [1.82, 2.24) is 0 Å². The summed E-state index contributed by atoms with van der Waals surface area (Å²) in [5.41, 5.74) is 0. The van der Waals surface area contributed by atoms with E-state index in [1.165, 1.54) is 6.42 Å². The van der Waals surface area contributed by atoms with Gasteiger partial charge in [-0.25, -0.2) is 0 Å². The van der Waals surface area contributed by atoms with Crippen molar-refractivity contribution >= 4 is 0 Å². The molecular formula is C11H13O2. The fraction of sp³-hybridized carbons (Fsp3) is 0.455. The van der Waals surface area contributed by atoms with E-state index in [-0.39, 0.29) is 0 Å². The number of rotatable bonds is 3. The Morgan fingerprint density at radius 2 is 2.23 bits per heavy atom. The topological polar surface area (TPSA) is 18.5 Å². The molecule has 1 aliphatic rings. The van der Waals surface area contributed by atoms with E-state index in [9.17, 15) is 0 Å². The molecule has 1 aromatic rings. The number of ether oxygens (including phenoxy) is 2. The molecule has 1 fully saturated rings. The van der Waals surface area contributed by atoms with Gasteiger partial charge in [0.2, 0.25) is 0 Å². The van der Waals surface area contributed by atoms with Crippen LogP contribution in [-0.2, 0) is 0 Å². The molecule has 2 nitrogen and oxygen atoms in total. The van der Waals surface area contributed by atoms with Gasteiger partial charge in [0, 0.05) is 0 Å². The molecule has 0 N–H and O–H groups in total. The Morgan fingerprint density at radius 1 is 1.38 bits per heavy atom. The van der Waals surface area contributed by atoms with Gasteiger partial charge in [0.15, 0.2) is 11.5 Å². The van der Waals surface area contributed by atoms with Crippen LogP contribution < -0.4 is 9.47 Å². The Labute approximate surface area is 78.5 Å². The number of hydrogen-bond acceptors (Lipinski definition) is 2. The molecule has 13 heavy (non-hydrogen) atoms. The van der Waals surface area contributed by atoms with Gasteiger partial charge in [-0.15, -0.1) is 0 Å². The minimum absolute atomic E-state index is 0.393. The molecule has 0 saturated heterocycles. The predicted octanol–water partition coefficient (Wildman–Crippen LogP) is 2.43. The molecule has 0 heterocycles. The van der Waals surface area contributed by atoms with Gasteiger partial charge in [0.1, 0.15) is 0 Å². The summed E-state index contributed by atoms with van der Waals surface area (Å²) in [5, 5.41) is 0. The summed E-state index contributed by atoms with van der Waals surface area (Å²) in [5.74, 6) is 1.61. The zero-order valence-corrected chi connectivity index (χ0v) is 7.75. The van der Waals surface area contributed by atoms with Gasteiger partial charge in [0.05, 0.1) is 13.2 Å². The zero-order chi connectivity index (χ0) is 9.10. The highest BCUT2D eigenvalue weighted by Crippen LogP contribution is 2.31. The first kappa shape index (κ1) is 8.42. The van der Waals surface area contributed by atoms with E-state index in [0.29, 0.717) is 6.10 Å². The van der Waals surface area contributed by atoms with Crippen LogP contribution in [0.1, 0.15) is 19.3 Å². The first-order valence-corrected chi connectivity index (χ1v) is 4.61. The standard InChI is InChI=1S/C11H13O2/c1-12-10-7-2-3-8-11(10)13-9-5-4-6-9/h2,7-9H,4-6H2,1H3. The van der Waals surface area contributed by atoms with Crippen molar-refractivity contribution in [3.63, 3.8) is 0 Å². The lowest BCUT2D eigenvalue weighted by molar-refractivity contribution is 0.116. The summed E-state index contributed by atoms with van der Waals surface area (Å²) in [6, 6.07) is 8.51. The zero-order valence-electron chi connectivity index (χ0n) is 7.75. The molecule has 1 radical (unpaired) electrons. The molecule has 0 aromatic heterocycles. The Bertz CT molecular complexity index is 279. The molecule has 0 bridgehead atoms. The summed E-state index contributed by atoms with van der Waals surface area (Å²) in [4.78, 5) is 0. The number of benzene rings is 1. The highest BCUT2D eigenvalue weighted by Gasteiger charge is 2.20. The molecule has 2 heteroatoms. The normalized spacial score (nSPS) is 16.4. The molecule has 0 aliphatic heterocycles. The first-order chi connectivity index (χ1) is 6.40. The summed E-state index contributed by atoms with van der Waals surface area (Å²) in [7, 11) is 1.66. The minimum atomic E-state index is 0.393. The van der Waals surface area contributed by atoms with Crippen LogP contribution in [0.25, 0.3) is 0 Å². The predicted molar refractivity (Wildman–Crippen MR) is 50.1 cm³/mol. The maximum absolute atomic E-state index is 5.72. The number of hydrogen-bond donors (Lipinski definition) is 0. The lowest BCUT2D eigenvalue weighted by atomic mass is 9.96. The van der Waals surface area contributed by atoms with Crippen LogP contribution in [0.3, 0.4) is 0 Å². The molecular weight excluding hydrogens is 164 g/mol. The Hall–Kier alpha value is -1.18. The summed E-state index contributed by atoms with van der Waals surface area (Å²) in [6.45, 7) is 0. The fourth-order valence-electron chi connectivity index (χ4n) is 1.33. The Kier molecular flexibility index (Phi) is 2.39. The average molecular weight is 177 g/mol. The van der Waals surface area contributed by atoms with Gasteiger partial charge >= 0.3 is 0 Å². The summed E-state index contributed by atoms with van der Waals surface area (Å²) in [6.07, 6.45) is 4.00. The van der Waals surface area contributed by atoms with Crippen LogP contribution >= 0.6 is 0 Å². The molecule has 2 rings (SSSR count). The average Bonchev–Trinajstić information content (AvgIpc) is 2.12. The lowest BCUT2D eigenvalue weighted by Gasteiger charge is -2.26. The van der Waals surface area contributed by atoms with Crippen molar-refractivity contribution in [2.45, 2.75) is 25.4 Å². The molecule has 1 aliphatic carbocycles. The monoisotopic (exact) mass is 177 g/mol. The van der Waals surface area contributed by atoms with Crippen molar-refractivity contribution in [3.8, 4) is 11.5 Å². The van der Waals surface area contributed by atoms with E-state index in [1.54, 1.807) is 7.11 Å². The smallest absolute Gasteiger partial charge is 0.162 e. The molecule has 0 spiro atoms. The van der Waals surface area contributed by atoms with Crippen molar-refractivity contribution in [2.24, 2.45) is 0 Å². The van der Waals surface area contributed by atoms with Gasteiger partial charge in [-0.3, -0.25) is 0 Å². The third-order valence-electron chi connectivity index (χ3n) is 2.35. The SMILES string of the molecule is COc1cc[c]cc1OC1CCC1. The highest BCUT2D eigenvalue weighted by atomic mass is 16.5. The maximum Gasteiger partial charge on any atom is 0.162 e. The Balaban J connectivity index is 2.08. The van der Waals surface area contributed by atoms with Crippen molar-refractivity contribution in [1.29, 1.82) is 0 Å². The molecule has 0 atom stereocenters. The van der Waals surface area contributed by atoms with Crippen LogP contribution in [0, 0.1) is 6.07 Å². The van der Waals surface area contributed by atoms with Gasteiger partial charge < -0.3 is 9.47 Å². The molecule has 1 aromatic carbocycles. The number of methoxy groups -OCH3 is 1. The Morgan fingerprint density at radius 3 is 2.85 bits per heavy atom. The largest absolute Gasteiger partial charge is 0.493 e. The quantitative estimate of drug-likeness (QED) is 0.706. The maximum atomic E-state index is 5.72. The third-order valence-corrected chi connectivity index (χ3v) is 2.35. The van der Waals surface area contributed by atoms with Crippen LogP contribution in [0.4, 0.5) is 0 Å². The second-order valence-electron chi connectivity index (χ2n) is 3.25. The van der Waals surface area contributed by atoms with E-state index in [2.05, 4.69) is 6.07 Å². The van der Waals surface area contributed by atoms with Crippen LogP contribution in [-0.4, -0.2) is 13.2 Å². The van der Waals surface area contributed by atoms with Crippen molar-refractivity contribution < 1.29 is 9.47 Å². The van der Waals surface area contributed by atoms with Gasteiger partial charge in [0.25, 0.3) is 0 Å². The summed E-state index contributed by atoms with van der Waals surface area (Å²) >= 11 is 0. The molecule has 0 unspecified atom stereocenters. The second-order valence-corrected chi connectivity index (χ2v) is 3.25.